The molecule has 0 fully saturated rings. The summed E-state index contributed by atoms with van der Waals surface area (Å²) in [6.07, 6.45) is 3.31. The molecular weight excluding hydrogens is 228 g/mol. The highest BCUT2D eigenvalue weighted by atomic mass is 28.1. The van der Waals surface area contributed by atoms with E-state index < -0.39 is 5.79 Å². The van der Waals surface area contributed by atoms with Crippen LogP contribution in [0.1, 0.15) is 47.0 Å². The van der Waals surface area contributed by atoms with Crippen molar-refractivity contribution in [3.8, 4) is 0 Å². The molecule has 0 bridgehead atoms. The average Bonchev–Trinajstić information content (AvgIpc) is 2.30. The maximum atomic E-state index is 6.37. The van der Waals surface area contributed by atoms with E-state index in [9.17, 15) is 0 Å². The fraction of sp³-hybridized carbons (Fsp3) is 1.00. The molecule has 0 aliphatic heterocycles. The quantitative estimate of drug-likeness (QED) is 0.318. The number of hydrogen-bond acceptors (Lipinski definition) is 4. The van der Waals surface area contributed by atoms with E-state index in [0.29, 0.717) is 0 Å². The topological polar surface area (TPSA) is 62.1 Å². The Morgan fingerprint density at radius 1 is 0.941 bits per heavy atom. The predicted molar refractivity (Wildman–Crippen MR) is 82.6 cm³/mol. The third kappa shape index (κ3) is 7.89. The van der Waals surface area contributed by atoms with E-state index in [1.165, 1.54) is 0 Å². The van der Waals surface area contributed by atoms with Crippen molar-refractivity contribution in [1.82, 2.24) is 16.0 Å². The lowest BCUT2D eigenvalue weighted by molar-refractivity contribution is 0.198. The second kappa shape index (κ2) is 11.2. The van der Waals surface area contributed by atoms with Gasteiger partial charge in [0.25, 0.3) is 0 Å². The van der Waals surface area contributed by atoms with E-state index in [1.807, 2.05) is 0 Å². The molecule has 0 amide bonds. The summed E-state index contributed by atoms with van der Waals surface area (Å²) in [5, 5.41) is 10.2. The van der Waals surface area contributed by atoms with Crippen LogP contribution in [0.5, 0.6) is 0 Å². The zero-order valence-electron chi connectivity index (χ0n) is 11.4. The van der Waals surface area contributed by atoms with Gasteiger partial charge in [-0.05, 0) is 56.8 Å². The van der Waals surface area contributed by atoms with Crippen molar-refractivity contribution in [2.45, 2.75) is 58.8 Å². The molecule has 5 N–H and O–H groups in total. The van der Waals surface area contributed by atoms with Gasteiger partial charge in [0.2, 0.25) is 0 Å². The fourth-order valence-corrected chi connectivity index (χ4v) is 1.55. The molecule has 0 rings (SSSR count). The minimum Gasteiger partial charge on any atom is -0.310 e. The molecule has 0 aliphatic rings. The van der Waals surface area contributed by atoms with Gasteiger partial charge in [0.15, 0.2) is 0 Å². The van der Waals surface area contributed by atoms with Crippen molar-refractivity contribution < 1.29 is 0 Å². The van der Waals surface area contributed by atoms with E-state index in [-0.39, 0.29) is 17.0 Å². The zero-order valence-corrected chi connectivity index (χ0v) is 11.4. The summed E-state index contributed by atoms with van der Waals surface area (Å²) >= 11 is 0. The van der Waals surface area contributed by atoms with Crippen LogP contribution < -0.4 is 21.7 Å². The van der Waals surface area contributed by atoms with Crippen molar-refractivity contribution in [3.05, 3.63) is 0 Å². The first-order valence-electron chi connectivity index (χ1n) is 6.63. The summed E-state index contributed by atoms with van der Waals surface area (Å²) in [6, 6.07) is 0.213. The Bertz CT molecular complexity index is 159. The smallest absolute Gasteiger partial charge is 0.136 e. The van der Waals surface area contributed by atoms with Crippen LogP contribution >= 0.6 is 0 Å². The molecule has 5 heteroatoms. The Morgan fingerprint density at radius 2 is 1.35 bits per heavy atom. The Labute approximate surface area is 112 Å². The molecule has 0 aromatic heterocycles. The summed E-state index contributed by atoms with van der Waals surface area (Å²) in [5.41, 5.74) is 6.37. The minimum atomic E-state index is -0.499. The van der Waals surface area contributed by atoms with Gasteiger partial charge in [-0.1, -0.05) is 20.8 Å². The van der Waals surface area contributed by atoms with Crippen LogP contribution in [0, 0.1) is 0 Å². The standard InChI is InChI=1S/C12H30N4.H4Si/c1-5-8-14-11(4)12(13,15-9-6-2)16-10-7-3;/h11,14-16H,5-10,13H2,1-4H3;1H4. The van der Waals surface area contributed by atoms with Gasteiger partial charge in [-0.25, -0.2) is 0 Å². The molecular formula is C12H34N4Si. The van der Waals surface area contributed by atoms with Gasteiger partial charge in [-0.15, -0.1) is 0 Å². The summed E-state index contributed by atoms with van der Waals surface area (Å²) in [4.78, 5) is 0. The van der Waals surface area contributed by atoms with E-state index in [0.717, 1.165) is 38.9 Å². The molecule has 0 aromatic rings. The van der Waals surface area contributed by atoms with E-state index >= 15 is 0 Å². The van der Waals surface area contributed by atoms with Gasteiger partial charge in [-0.2, -0.15) is 0 Å². The SMILES string of the molecule is CCCNC(C)C(N)(NCCC)NCCC.[SiH4]. The van der Waals surface area contributed by atoms with Crippen LogP contribution in [0.25, 0.3) is 0 Å². The molecule has 1 atom stereocenters. The first-order chi connectivity index (χ1) is 7.60. The van der Waals surface area contributed by atoms with Gasteiger partial charge < -0.3 is 5.32 Å². The lowest BCUT2D eigenvalue weighted by Crippen LogP contribution is -2.73. The second-order valence-electron chi connectivity index (χ2n) is 4.40. The maximum absolute atomic E-state index is 6.37. The highest BCUT2D eigenvalue weighted by molar-refractivity contribution is 5.75. The van der Waals surface area contributed by atoms with Crippen molar-refractivity contribution in [3.63, 3.8) is 0 Å². The van der Waals surface area contributed by atoms with Crippen LogP contribution in [-0.4, -0.2) is 42.4 Å². The Hall–Kier alpha value is 0.0569. The third-order valence-corrected chi connectivity index (χ3v) is 2.72. The summed E-state index contributed by atoms with van der Waals surface area (Å²) < 4.78 is 0. The lowest BCUT2D eigenvalue weighted by atomic mass is 10.1. The largest absolute Gasteiger partial charge is 0.310 e. The Kier molecular flexibility index (Phi) is 12.7. The van der Waals surface area contributed by atoms with E-state index in [2.05, 4.69) is 43.6 Å². The molecule has 4 nitrogen and oxygen atoms in total. The van der Waals surface area contributed by atoms with E-state index in [1.54, 1.807) is 0 Å². The molecule has 17 heavy (non-hydrogen) atoms. The van der Waals surface area contributed by atoms with Gasteiger partial charge in [0.1, 0.15) is 5.79 Å². The molecule has 0 aliphatic carbocycles. The molecule has 1 unspecified atom stereocenters. The Morgan fingerprint density at radius 3 is 1.71 bits per heavy atom. The second-order valence-corrected chi connectivity index (χ2v) is 4.40. The van der Waals surface area contributed by atoms with Crippen LogP contribution in [0.15, 0.2) is 0 Å². The number of hydrogen-bond donors (Lipinski definition) is 4. The average molecular weight is 263 g/mol. The number of rotatable bonds is 10. The summed E-state index contributed by atoms with van der Waals surface area (Å²) in [7, 11) is 0. The van der Waals surface area contributed by atoms with Crippen molar-refractivity contribution in [2.75, 3.05) is 19.6 Å². The fourth-order valence-electron chi connectivity index (χ4n) is 1.55. The van der Waals surface area contributed by atoms with Crippen molar-refractivity contribution >= 4 is 11.0 Å². The van der Waals surface area contributed by atoms with Crippen molar-refractivity contribution in [1.29, 1.82) is 0 Å². The lowest BCUT2D eigenvalue weighted by Gasteiger charge is -2.38. The molecule has 106 valence electrons. The number of nitrogens with two attached hydrogens (primary N) is 1. The number of nitrogens with one attached hydrogen (secondary N) is 3. The third-order valence-electron chi connectivity index (χ3n) is 2.72. The van der Waals surface area contributed by atoms with Gasteiger partial charge in [0, 0.05) is 6.04 Å². The molecule has 0 saturated carbocycles. The zero-order chi connectivity index (χ0) is 12.4. The van der Waals surface area contributed by atoms with Crippen LogP contribution in [-0.2, 0) is 0 Å². The highest BCUT2D eigenvalue weighted by Gasteiger charge is 2.29. The maximum Gasteiger partial charge on any atom is 0.136 e. The molecule has 0 spiro atoms. The van der Waals surface area contributed by atoms with E-state index in [4.69, 9.17) is 5.73 Å². The van der Waals surface area contributed by atoms with Gasteiger partial charge in [-0.3, -0.25) is 16.4 Å². The van der Waals surface area contributed by atoms with Crippen LogP contribution in [0.2, 0.25) is 0 Å². The predicted octanol–water partition coefficient (Wildman–Crippen LogP) is -0.465. The summed E-state index contributed by atoms with van der Waals surface area (Å²) in [6.45, 7) is 11.5. The highest BCUT2D eigenvalue weighted by Crippen LogP contribution is 2.00. The molecule has 0 heterocycles. The van der Waals surface area contributed by atoms with Crippen LogP contribution in [0.3, 0.4) is 0 Å². The Balaban J connectivity index is 0. The van der Waals surface area contributed by atoms with Gasteiger partial charge >= 0.3 is 0 Å². The van der Waals surface area contributed by atoms with Gasteiger partial charge in [0.05, 0.1) is 0 Å². The monoisotopic (exact) mass is 262 g/mol. The molecule has 0 aromatic carbocycles. The molecule has 0 radical (unpaired) electrons. The summed E-state index contributed by atoms with van der Waals surface area (Å²) in [5.74, 6) is -0.499. The first-order valence-corrected chi connectivity index (χ1v) is 6.63. The molecule has 0 saturated heterocycles. The van der Waals surface area contributed by atoms with Crippen LogP contribution in [0.4, 0.5) is 0 Å². The van der Waals surface area contributed by atoms with Crippen molar-refractivity contribution in [2.24, 2.45) is 5.73 Å². The first kappa shape index (κ1) is 19.4. The normalized spacial score (nSPS) is 13.2. The minimum absolute atomic E-state index is 0.